The van der Waals surface area contributed by atoms with Crippen molar-refractivity contribution < 1.29 is 13.7 Å². The summed E-state index contributed by atoms with van der Waals surface area (Å²) >= 11 is 1.55. The lowest BCUT2D eigenvalue weighted by Gasteiger charge is -2.37. The van der Waals surface area contributed by atoms with Crippen LogP contribution in [-0.2, 0) is 0 Å². The zero-order chi connectivity index (χ0) is 15.8. The molecular weight excluding hydrogens is 317 g/mol. The van der Waals surface area contributed by atoms with E-state index in [1.165, 1.54) is 24.3 Å². The second-order valence-corrected chi connectivity index (χ2v) is 6.30. The third-order valence-electron chi connectivity index (χ3n) is 3.79. The maximum atomic E-state index is 12.9. The van der Waals surface area contributed by atoms with E-state index >= 15 is 0 Å². The number of carbonyl (C=O) groups excluding carboxylic acids is 1. The van der Waals surface area contributed by atoms with Crippen LogP contribution in [0.1, 0.15) is 22.2 Å². The third kappa shape index (κ3) is 2.63. The van der Waals surface area contributed by atoms with Crippen LogP contribution in [0.3, 0.4) is 0 Å². The molecule has 5 nitrogen and oxygen atoms in total. The van der Waals surface area contributed by atoms with E-state index in [2.05, 4.69) is 10.1 Å². The topological polar surface area (TPSA) is 59.2 Å². The Kier molecular flexibility index (Phi) is 3.42. The summed E-state index contributed by atoms with van der Waals surface area (Å²) in [5, 5.41) is 5.93. The summed E-state index contributed by atoms with van der Waals surface area (Å²) in [7, 11) is 0. The molecule has 4 rings (SSSR count). The number of aromatic nitrogens is 2. The van der Waals surface area contributed by atoms with Crippen LogP contribution in [0.4, 0.5) is 4.39 Å². The first-order chi connectivity index (χ1) is 11.2. The van der Waals surface area contributed by atoms with Gasteiger partial charge in [0, 0.05) is 18.7 Å². The largest absolute Gasteiger partial charge is 0.339 e. The van der Waals surface area contributed by atoms with E-state index in [1.807, 2.05) is 17.5 Å². The van der Waals surface area contributed by atoms with Crippen molar-refractivity contribution in [2.24, 2.45) is 0 Å². The molecule has 0 aliphatic carbocycles. The second-order valence-electron chi connectivity index (χ2n) is 5.35. The maximum Gasteiger partial charge on any atom is 0.253 e. The minimum absolute atomic E-state index is 0.0561. The van der Waals surface area contributed by atoms with Gasteiger partial charge in [-0.25, -0.2) is 4.39 Å². The van der Waals surface area contributed by atoms with Crippen molar-refractivity contribution in [1.82, 2.24) is 15.0 Å². The highest BCUT2D eigenvalue weighted by atomic mass is 32.1. The monoisotopic (exact) mass is 329 g/mol. The summed E-state index contributed by atoms with van der Waals surface area (Å²) in [6, 6.07) is 9.43. The van der Waals surface area contributed by atoms with Gasteiger partial charge in [0.15, 0.2) is 0 Å². The number of thiophene rings is 1. The molecule has 1 aliphatic rings. The zero-order valence-electron chi connectivity index (χ0n) is 12.0. The smallest absolute Gasteiger partial charge is 0.253 e. The number of benzene rings is 1. The molecule has 3 heterocycles. The zero-order valence-corrected chi connectivity index (χ0v) is 12.8. The number of rotatable bonds is 3. The molecule has 1 aliphatic heterocycles. The van der Waals surface area contributed by atoms with Crippen LogP contribution in [-0.4, -0.2) is 34.0 Å². The van der Waals surface area contributed by atoms with Gasteiger partial charge in [0.25, 0.3) is 5.91 Å². The van der Waals surface area contributed by atoms with Crippen LogP contribution in [0.2, 0.25) is 0 Å². The molecule has 1 fully saturated rings. The molecule has 0 atom stereocenters. The molecule has 1 saturated heterocycles. The van der Waals surface area contributed by atoms with Gasteiger partial charge in [0.2, 0.25) is 11.7 Å². The molecule has 0 radical (unpaired) electrons. The molecule has 7 heteroatoms. The van der Waals surface area contributed by atoms with E-state index in [9.17, 15) is 9.18 Å². The predicted molar refractivity (Wildman–Crippen MR) is 82.7 cm³/mol. The van der Waals surface area contributed by atoms with Crippen molar-refractivity contribution in [2.75, 3.05) is 13.1 Å². The third-order valence-corrected chi connectivity index (χ3v) is 4.66. The molecule has 0 N–H and O–H groups in total. The van der Waals surface area contributed by atoms with Gasteiger partial charge in [-0.2, -0.15) is 4.98 Å². The van der Waals surface area contributed by atoms with E-state index in [1.54, 1.807) is 16.2 Å². The van der Waals surface area contributed by atoms with Crippen LogP contribution < -0.4 is 0 Å². The van der Waals surface area contributed by atoms with E-state index in [4.69, 9.17) is 4.52 Å². The van der Waals surface area contributed by atoms with Gasteiger partial charge >= 0.3 is 0 Å². The Balaban J connectivity index is 1.41. The summed E-state index contributed by atoms with van der Waals surface area (Å²) in [6.07, 6.45) is 0. The number of likely N-dealkylation sites (tertiary alicyclic amines) is 1. The van der Waals surface area contributed by atoms with Crippen molar-refractivity contribution in [2.45, 2.75) is 5.92 Å². The van der Waals surface area contributed by atoms with Crippen molar-refractivity contribution in [3.8, 4) is 10.7 Å². The van der Waals surface area contributed by atoms with Gasteiger partial charge in [-0.1, -0.05) is 11.2 Å². The number of halogens is 1. The Labute approximate surface area is 135 Å². The SMILES string of the molecule is O=C(c1ccc(F)cc1)N1CC(c2nc(-c3cccs3)no2)C1. The number of hydrogen-bond acceptors (Lipinski definition) is 5. The number of amides is 1. The molecule has 23 heavy (non-hydrogen) atoms. The van der Waals surface area contributed by atoms with Crippen molar-refractivity contribution in [3.63, 3.8) is 0 Å². The Bertz CT molecular complexity index is 823. The molecule has 1 amide bonds. The fourth-order valence-electron chi connectivity index (χ4n) is 2.48. The molecule has 116 valence electrons. The van der Waals surface area contributed by atoms with E-state index in [-0.39, 0.29) is 17.6 Å². The van der Waals surface area contributed by atoms with Gasteiger partial charge in [-0.3, -0.25) is 4.79 Å². The summed E-state index contributed by atoms with van der Waals surface area (Å²) in [5.74, 6) is 0.727. The lowest BCUT2D eigenvalue weighted by molar-refractivity contribution is 0.0569. The highest BCUT2D eigenvalue weighted by Crippen LogP contribution is 2.29. The Morgan fingerprint density at radius 3 is 2.74 bits per heavy atom. The maximum absolute atomic E-state index is 12.9. The first-order valence-corrected chi connectivity index (χ1v) is 8.01. The summed E-state index contributed by atoms with van der Waals surface area (Å²) in [6.45, 7) is 1.06. The minimum atomic E-state index is -0.352. The van der Waals surface area contributed by atoms with E-state index in [0.29, 0.717) is 30.4 Å². The Hall–Kier alpha value is -2.54. The summed E-state index contributed by atoms with van der Waals surface area (Å²) < 4.78 is 18.2. The highest BCUT2D eigenvalue weighted by molar-refractivity contribution is 7.13. The Morgan fingerprint density at radius 1 is 1.26 bits per heavy atom. The first-order valence-electron chi connectivity index (χ1n) is 7.13. The minimum Gasteiger partial charge on any atom is -0.339 e. The van der Waals surface area contributed by atoms with Crippen molar-refractivity contribution >= 4 is 17.2 Å². The quantitative estimate of drug-likeness (QED) is 0.740. The number of nitrogens with zero attached hydrogens (tertiary/aromatic N) is 3. The average Bonchev–Trinajstić information content (AvgIpc) is 3.17. The van der Waals surface area contributed by atoms with Crippen LogP contribution in [0.15, 0.2) is 46.3 Å². The van der Waals surface area contributed by atoms with Gasteiger partial charge in [-0.05, 0) is 35.7 Å². The molecule has 0 spiro atoms. The fourth-order valence-corrected chi connectivity index (χ4v) is 3.13. The Morgan fingerprint density at radius 2 is 2.04 bits per heavy atom. The second kappa shape index (κ2) is 5.58. The fraction of sp³-hybridized carbons (Fsp3) is 0.188. The van der Waals surface area contributed by atoms with Crippen LogP contribution in [0, 0.1) is 5.82 Å². The standard InChI is InChI=1S/C16H12FN3O2S/c17-12-5-3-10(4-6-12)16(21)20-8-11(9-20)15-18-14(19-22-15)13-2-1-7-23-13/h1-7,11H,8-9H2. The van der Waals surface area contributed by atoms with E-state index < -0.39 is 0 Å². The molecule has 0 saturated carbocycles. The van der Waals surface area contributed by atoms with Crippen LogP contribution in [0.5, 0.6) is 0 Å². The number of carbonyl (C=O) groups is 1. The lowest BCUT2D eigenvalue weighted by atomic mass is 9.99. The molecular formula is C16H12FN3O2S. The van der Waals surface area contributed by atoms with Gasteiger partial charge in [-0.15, -0.1) is 11.3 Å². The molecule has 0 unspecified atom stereocenters. The normalized spacial score (nSPS) is 14.7. The van der Waals surface area contributed by atoms with E-state index in [0.717, 1.165) is 4.88 Å². The van der Waals surface area contributed by atoms with Crippen LogP contribution >= 0.6 is 11.3 Å². The molecule has 3 aromatic rings. The lowest BCUT2D eigenvalue weighted by Crippen LogP contribution is -2.48. The van der Waals surface area contributed by atoms with Crippen molar-refractivity contribution in [3.05, 3.63) is 59.0 Å². The molecule has 1 aromatic carbocycles. The highest BCUT2D eigenvalue weighted by Gasteiger charge is 2.36. The van der Waals surface area contributed by atoms with Gasteiger partial charge in [0.05, 0.1) is 10.8 Å². The number of hydrogen-bond donors (Lipinski definition) is 0. The van der Waals surface area contributed by atoms with Gasteiger partial charge < -0.3 is 9.42 Å². The summed E-state index contributed by atoms with van der Waals surface area (Å²) in [4.78, 5) is 19.3. The predicted octanol–water partition coefficient (Wildman–Crippen LogP) is 3.18. The molecule has 2 aromatic heterocycles. The van der Waals surface area contributed by atoms with Crippen molar-refractivity contribution in [1.29, 1.82) is 0 Å². The first kappa shape index (κ1) is 14.1. The van der Waals surface area contributed by atoms with Gasteiger partial charge in [0.1, 0.15) is 5.82 Å². The van der Waals surface area contributed by atoms with Crippen LogP contribution in [0.25, 0.3) is 10.7 Å². The summed E-state index contributed by atoms with van der Waals surface area (Å²) in [5.41, 5.74) is 0.481. The average molecular weight is 329 g/mol. The molecule has 0 bridgehead atoms.